The number of anilines is 3. The predicted molar refractivity (Wildman–Crippen MR) is 283 cm³/mol. The Kier molecular flexibility index (Phi) is 8.08. The van der Waals surface area contributed by atoms with E-state index < -0.39 is 5.41 Å². The van der Waals surface area contributed by atoms with E-state index in [0.29, 0.717) is 0 Å². The molecule has 1 nitrogen and oxygen atoms in total. The fraction of sp³-hybridized carbons (Fsp3) is 0.104. The van der Waals surface area contributed by atoms with E-state index in [1.54, 1.807) is 0 Å². The van der Waals surface area contributed by atoms with Gasteiger partial charge >= 0.3 is 0 Å². The standard InChI is InChI=1S/C67H49N/c1-65(2)54-30-11-5-23-47(54)51-39-38-43(41-60(51)65)45-22-10-16-36-61(45)68(44-21-17-20-42(40-44)46-28-18-29-52-50-26-6-12-31-55(50)66(3,4)64(46)52)62-37-19-35-59-63(62)53-27-9-15-34-58(53)67(59)56-32-13-7-24-48(56)49-25-8-14-33-57(49)67/h5-41H,1-4H3. The molecular formula is C67H49N. The van der Waals surface area contributed by atoms with Crippen molar-refractivity contribution in [3.05, 3.63) is 269 Å². The van der Waals surface area contributed by atoms with Crippen molar-refractivity contribution in [3.63, 3.8) is 0 Å². The van der Waals surface area contributed by atoms with Gasteiger partial charge in [0, 0.05) is 27.6 Å². The van der Waals surface area contributed by atoms with E-state index in [0.717, 1.165) is 11.4 Å². The Morgan fingerprint density at radius 1 is 0.279 bits per heavy atom. The van der Waals surface area contributed by atoms with Crippen molar-refractivity contribution in [2.24, 2.45) is 0 Å². The average Bonchev–Trinajstić information content (AvgIpc) is 4.02. The van der Waals surface area contributed by atoms with Gasteiger partial charge in [0.2, 0.25) is 0 Å². The molecule has 68 heavy (non-hydrogen) atoms. The Hall–Kier alpha value is -8.00. The Morgan fingerprint density at radius 3 is 1.41 bits per heavy atom. The van der Waals surface area contributed by atoms with Gasteiger partial charge in [-0.2, -0.15) is 0 Å². The molecule has 0 atom stereocenters. The topological polar surface area (TPSA) is 3.24 Å². The molecule has 10 aromatic rings. The van der Waals surface area contributed by atoms with Crippen molar-refractivity contribution < 1.29 is 0 Å². The molecule has 0 aliphatic heterocycles. The number of hydrogen-bond acceptors (Lipinski definition) is 1. The molecule has 14 rings (SSSR count). The number of fused-ring (bicyclic) bond motifs is 16. The predicted octanol–water partition coefficient (Wildman–Crippen LogP) is 17.4. The van der Waals surface area contributed by atoms with Crippen LogP contribution in [0.15, 0.2) is 224 Å². The fourth-order valence-electron chi connectivity index (χ4n) is 13.4. The molecule has 0 unspecified atom stereocenters. The first-order valence-corrected chi connectivity index (χ1v) is 24.2. The lowest BCUT2D eigenvalue weighted by Crippen LogP contribution is -2.26. The molecule has 4 aliphatic rings. The van der Waals surface area contributed by atoms with Crippen LogP contribution in [0.25, 0.3) is 66.8 Å². The van der Waals surface area contributed by atoms with Gasteiger partial charge in [-0.3, -0.25) is 0 Å². The maximum absolute atomic E-state index is 2.58. The van der Waals surface area contributed by atoms with E-state index in [1.165, 1.54) is 117 Å². The summed E-state index contributed by atoms with van der Waals surface area (Å²) in [6.07, 6.45) is 0. The zero-order valence-corrected chi connectivity index (χ0v) is 38.8. The first-order chi connectivity index (χ1) is 33.3. The lowest BCUT2D eigenvalue weighted by molar-refractivity contribution is 0.660. The Labute approximate surface area is 399 Å². The highest BCUT2D eigenvalue weighted by atomic mass is 15.1. The van der Waals surface area contributed by atoms with Gasteiger partial charge in [0.25, 0.3) is 0 Å². The summed E-state index contributed by atoms with van der Waals surface area (Å²) >= 11 is 0. The lowest BCUT2D eigenvalue weighted by Gasteiger charge is -2.33. The largest absolute Gasteiger partial charge is 0.309 e. The van der Waals surface area contributed by atoms with Gasteiger partial charge in [0.1, 0.15) is 0 Å². The third-order valence-electron chi connectivity index (χ3n) is 16.3. The van der Waals surface area contributed by atoms with Crippen LogP contribution in [0, 0.1) is 0 Å². The molecule has 0 N–H and O–H groups in total. The van der Waals surface area contributed by atoms with Crippen LogP contribution in [0.1, 0.15) is 72.2 Å². The maximum atomic E-state index is 2.58. The van der Waals surface area contributed by atoms with Gasteiger partial charge in [-0.05, 0) is 130 Å². The van der Waals surface area contributed by atoms with E-state index in [-0.39, 0.29) is 10.8 Å². The van der Waals surface area contributed by atoms with Crippen molar-refractivity contribution in [3.8, 4) is 66.8 Å². The highest BCUT2D eigenvalue weighted by Crippen LogP contribution is 2.65. The molecule has 0 amide bonds. The smallest absolute Gasteiger partial charge is 0.0726 e. The van der Waals surface area contributed by atoms with Crippen LogP contribution in [-0.4, -0.2) is 0 Å². The molecule has 1 spiro atoms. The molecule has 0 fully saturated rings. The van der Waals surface area contributed by atoms with Gasteiger partial charge in [-0.15, -0.1) is 0 Å². The van der Waals surface area contributed by atoms with Crippen LogP contribution >= 0.6 is 0 Å². The van der Waals surface area contributed by atoms with Crippen molar-refractivity contribution >= 4 is 17.1 Å². The second-order valence-electron chi connectivity index (χ2n) is 20.3. The van der Waals surface area contributed by atoms with Gasteiger partial charge in [0.05, 0.1) is 16.8 Å². The number of rotatable bonds is 5. The Morgan fingerprint density at radius 2 is 0.721 bits per heavy atom. The average molecular weight is 868 g/mol. The molecule has 1 heteroatoms. The second-order valence-corrected chi connectivity index (χ2v) is 20.3. The van der Waals surface area contributed by atoms with Crippen LogP contribution in [0.3, 0.4) is 0 Å². The third kappa shape index (κ3) is 5.06. The van der Waals surface area contributed by atoms with E-state index >= 15 is 0 Å². The molecule has 0 bridgehead atoms. The minimum atomic E-state index is -0.464. The molecule has 0 aromatic heterocycles. The minimum Gasteiger partial charge on any atom is -0.309 e. The summed E-state index contributed by atoms with van der Waals surface area (Å²) in [5, 5.41) is 0. The number of hydrogen-bond donors (Lipinski definition) is 0. The van der Waals surface area contributed by atoms with Crippen molar-refractivity contribution in [2.45, 2.75) is 43.9 Å². The van der Waals surface area contributed by atoms with Crippen LogP contribution in [0.2, 0.25) is 0 Å². The van der Waals surface area contributed by atoms with Crippen molar-refractivity contribution in [2.75, 3.05) is 4.90 Å². The van der Waals surface area contributed by atoms with Crippen LogP contribution in [0.4, 0.5) is 17.1 Å². The van der Waals surface area contributed by atoms with E-state index in [4.69, 9.17) is 0 Å². The lowest BCUT2D eigenvalue weighted by atomic mass is 9.70. The molecular weight excluding hydrogens is 819 g/mol. The zero-order valence-electron chi connectivity index (χ0n) is 38.8. The number of para-hydroxylation sites is 1. The molecule has 0 radical (unpaired) electrons. The summed E-state index contributed by atoms with van der Waals surface area (Å²) in [6, 6.07) is 85.0. The van der Waals surface area contributed by atoms with E-state index in [2.05, 4.69) is 257 Å². The maximum Gasteiger partial charge on any atom is 0.0726 e. The summed E-state index contributed by atoms with van der Waals surface area (Å²) < 4.78 is 0. The SMILES string of the molecule is CC1(C)c2ccccc2-c2ccc(-c3ccccc3N(c3cccc(-c4cccc5c4C(C)(C)c4ccccc4-5)c3)c3cccc4c3-c3ccccc3C43c4ccccc4-c4ccccc43)cc21. The summed E-state index contributed by atoms with van der Waals surface area (Å²) in [6.45, 7) is 9.55. The third-order valence-corrected chi connectivity index (χ3v) is 16.3. The Balaban J connectivity index is 1.03. The molecule has 0 saturated heterocycles. The Bertz CT molecular complexity index is 3720. The van der Waals surface area contributed by atoms with Gasteiger partial charge < -0.3 is 4.90 Å². The van der Waals surface area contributed by atoms with Crippen molar-refractivity contribution in [1.82, 2.24) is 0 Å². The molecule has 0 heterocycles. The van der Waals surface area contributed by atoms with Gasteiger partial charge in [-0.25, -0.2) is 0 Å². The zero-order chi connectivity index (χ0) is 45.5. The summed E-state index contributed by atoms with van der Waals surface area (Å²) in [5.74, 6) is 0. The minimum absolute atomic E-state index is 0.125. The highest BCUT2D eigenvalue weighted by Gasteiger charge is 2.52. The monoisotopic (exact) mass is 867 g/mol. The first kappa shape index (κ1) is 39.2. The van der Waals surface area contributed by atoms with E-state index in [1.807, 2.05) is 0 Å². The second kappa shape index (κ2) is 14.0. The van der Waals surface area contributed by atoms with Gasteiger partial charge in [-0.1, -0.05) is 222 Å². The summed E-state index contributed by atoms with van der Waals surface area (Å²) in [7, 11) is 0. The summed E-state index contributed by atoms with van der Waals surface area (Å²) in [5.41, 5.74) is 29.0. The van der Waals surface area contributed by atoms with E-state index in [9.17, 15) is 0 Å². The van der Waals surface area contributed by atoms with Crippen molar-refractivity contribution in [1.29, 1.82) is 0 Å². The normalized spacial score (nSPS) is 15.1. The quantitative estimate of drug-likeness (QED) is 0.167. The molecule has 0 saturated carbocycles. The fourth-order valence-corrected chi connectivity index (χ4v) is 13.4. The summed E-state index contributed by atoms with van der Waals surface area (Å²) in [4.78, 5) is 2.58. The van der Waals surface area contributed by atoms with Crippen LogP contribution in [0.5, 0.6) is 0 Å². The number of benzene rings is 10. The first-order valence-electron chi connectivity index (χ1n) is 24.2. The number of nitrogens with zero attached hydrogens (tertiary/aromatic N) is 1. The highest BCUT2D eigenvalue weighted by molar-refractivity contribution is 6.03. The van der Waals surface area contributed by atoms with Crippen LogP contribution < -0.4 is 4.90 Å². The molecule has 322 valence electrons. The van der Waals surface area contributed by atoms with Gasteiger partial charge in [0.15, 0.2) is 0 Å². The molecule has 4 aliphatic carbocycles. The van der Waals surface area contributed by atoms with Crippen LogP contribution in [-0.2, 0) is 16.2 Å². The molecule has 10 aromatic carbocycles.